The van der Waals surface area contributed by atoms with E-state index in [1.807, 2.05) is 18.6 Å². The van der Waals surface area contributed by atoms with E-state index >= 15 is 0 Å². The maximum absolute atomic E-state index is 11.2. The van der Waals surface area contributed by atoms with Gasteiger partial charge >= 0.3 is 0 Å². The lowest BCUT2D eigenvalue weighted by molar-refractivity contribution is 0.0899. The fraction of sp³-hybridized carbons (Fsp3) is 0.556. The Balaban J connectivity index is 1.48. The molecule has 2 fully saturated rings. The zero-order valence-electron chi connectivity index (χ0n) is 22.4. The van der Waals surface area contributed by atoms with Crippen LogP contribution in [0.2, 0.25) is 25.7 Å². The predicted molar refractivity (Wildman–Crippen MR) is 152 cm³/mol. The quantitative estimate of drug-likeness (QED) is 0.238. The highest BCUT2D eigenvalue weighted by Gasteiger charge is 2.39. The van der Waals surface area contributed by atoms with Crippen LogP contribution >= 0.6 is 0 Å². The molecule has 1 spiro atoms. The van der Waals surface area contributed by atoms with E-state index in [2.05, 4.69) is 56.2 Å². The van der Waals surface area contributed by atoms with Gasteiger partial charge in [0.25, 0.3) is 7.41 Å². The number of carbonyl (C=O) groups excluding carboxylic acids is 1. The van der Waals surface area contributed by atoms with E-state index in [0.717, 1.165) is 80.0 Å². The zero-order chi connectivity index (χ0) is 25.9. The number of ether oxygens (including phenoxy) is 1. The Morgan fingerprint density at radius 3 is 2.68 bits per heavy atom. The summed E-state index contributed by atoms with van der Waals surface area (Å²) in [5, 5.41) is 1.13. The first-order valence-electron chi connectivity index (χ1n) is 13.5. The van der Waals surface area contributed by atoms with Crippen LogP contribution in [0, 0.1) is 5.41 Å². The molecule has 0 N–H and O–H groups in total. The average Bonchev–Trinajstić information content (AvgIpc) is 3.26. The van der Waals surface area contributed by atoms with E-state index in [9.17, 15) is 4.79 Å². The number of hydrogen-bond acceptors (Lipinski definition) is 7. The van der Waals surface area contributed by atoms with Gasteiger partial charge in [0.1, 0.15) is 18.7 Å². The smallest absolute Gasteiger partial charge is 0.293 e. The molecule has 2 aliphatic rings. The van der Waals surface area contributed by atoms with Gasteiger partial charge in [0.15, 0.2) is 0 Å². The number of aromatic nitrogens is 4. The molecule has 0 aromatic carbocycles. The van der Waals surface area contributed by atoms with Gasteiger partial charge in [0, 0.05) is 69.4 Å². The first-order chi connectivity index (χ1) is 17.9. The Hall–Kier alpha value is -2.56. The summed E-state index contributed by atoms with van der Waals surface area (Å²) in [5.74, 6) is 0. The van der Waals surface area contributed by atoms with Gasteiger partial charge in [-0.1, -0.05) is 19.6 Å². The lowest BCUT2D eigenvalue weighted by Crippen LogP contribution is -2.53. The summed E-state index contributed by atoms with van der Waals surface area (Å²) >= 11 is 0. The van der Waals surface area contributed by atoms with E-state index in [1.54, 1.807) is 13.7 Å². The van der Waals surface area contributed by atoms with Crippen LogP contribution in [0.1, 0.15) is 25.7 Å². The molecule has 1 atom stereocenters. The fourth-order valence-electron chi connectivity index (χ4n) is 5.96. The average molecular weight is 518 g/mol. The number of pyridine rings is 1. The van der Waals surface area contributed by atoms with Crippen LogP contribution in [0.3, 0.4) is 0 Å². The third-order valence-corrected chi connectivity index (χ3v) is 9.50. The lowest BCUT2D eigenvalue weighted by atomic mass is 9.71. The van der Waals surface area contributed by atoms with Crippen LogP contribution in [0.4, 0.5) is 5.69 Å². The molecule has 2 saturated heterocycles. The summed E-state index contributed by atoms with van der Waals surface area (Å²) < 4.78 is 8.27. The van der Waals surface area contributed by atoms with Crippen molar-refractivity contribution in [3.63, 3.8) is 0 Å². The van der Waals surface area contributed by atoms with Gasteiger partial charge in [0.05, 0.1) is 11.6 Å². The molecule has 0 amide bonds. The third kappa shape index (κ3) is 5.97. The summed E-state index contributed by atoms with van der Waals surface area (Å²) in [6.07, 6.45) is 15.0. The van der Waals surface area contributed by atoms with Crippen molar-refractivity contribution in [2.45, 2.75) is 58.1 Å². The molecule has 195 valence electrons. The van der Waals surface area contributed by atoms with Crippen LogP contribution in [-0.2, 0) is 16.3 Å². The molecule has 1 unspecified atom stereocenters. The Morgan fingerprint density at radius 2 is 1.92 bits per heavy atom. The second-order valence-electron chi connectivity index (χ2n) is 11.9. The molecule has 3 aromatic heterocycles. The van der Waals surface area contributed by atoms with Crippen LogP contribution in [0.15, 0.2) is 37.2 Å². The van der Waals surface area contributed by atoms with E-state index in [-0.39, 0.29) is 5.41 Å². The topological polar surface area (TPSA) is 76.4 Å². The number of carbonyl (C=O) groups is 1. The number of nitrogens with zero attached hydrogens (tertiary/aromatic N) is 6. The van der Waals surface area contributed by atoms with Crippen molar-refractivity contribution in [3.8, 4) is 11.1 Å². The van der Waals surface area contributed by atoms with Crippen molar-refractivity contribution < 1.29 is 9.53 Å². The van der Waals surface area contributed by atoms with Gasteiger partial charge in [0.2, 0.25) is 0 Å². The molecule has 10 heteroatoms. The van der Waals surface area contributed by atoms with E-state index in [4.69, 9.17) is 9.72 Å². The first-order valence-corrected chi connectivity index (χ1v) is 17.2. The van der Waals surface area contributed by atoms with Crippen molar-refractivity contribution in [2.75, 3.05) is 37.7 Å². The molecule has 37 heavy (non-hydrogen) atoms. The minimum Gasteiger partial charge on any atom is -0.370 e. The van der Waals surface area contributed by atoms with Crippen molar-refractivity contribution in [3.05, 3.63) is 37.2 Å². The number of piperidine rings is 2. The molecule has 2 aliphatic heterocycles. The second kappa shape index (κ2) is 11.0. The molecule has 0 bridgehead atoms. The third-order valence-electron chi connectivity index (χ3n) is 7.80. The minimum atomic E-state index is -1.16. The van der Waals surface area contributed by atoms with Gasteiger partial charge in [-0.05, 0) is 56.3 Å². The zero-order valence-corrected chi connectivity index (χ0v) is 23.4. The van der Waals surface area contributed by atoms with E-state index < -0.39 is 8.07 Å². The molecule has 0 aliphatic carbocycles. The second-order valence-corrected chi connectivity index (χ2v) is 17.5. The summed E-state index contributed by atoms with van der Waals surface area (Å²) in [4.78, 5) is 29.3. The molecule has 8 nitrogen and oxygen atoms in total. The van der Waals surface area contributed by atoms with Gasteiger partial charge in [-0.3, -0.25) is 0 Å². The highest BCUT2D eigenvalue weighted by molar-refractivity contribution is 6.76. The molecular weight excluding hydrogens is 479 g/mol. The van der Waals surface area contributed by atoms with E-state index in [0.29, 0.717) is 6.73 Å². The van der Waals surface area contributed by atoms with Crippen LogP contribution in [-0.4, -0.2) is 78.8 Å². The summed E-state index contributed by atoms with van der Waals surface area (Å²) in [6.45, 7) is 12.3. The Kier molecular flexibility index (Phi) is 7.78. The van der Waals surface area contributed by atoms with E-state index in [1.165, 1.54) is 18.5 Å². The highest BCUT2D eigenvalue weighted by atomic mass is 28.3. The van der Waals surface area contributed by atoms with Crippen LogP contribution in [0.25, 0.3) is 22.2 Å². The van der Waals surface area contributed by atoms with Crippen molar-refractivity contribution >= 4 is 38.4 Å². The first kappa shape index (κ1) is 26.1. The normalized spacial score (nSPS) is 21.0. The Labute approximate surface area is 221 Å². The summed E-state index contributed by atoms with van der Waals surface area (Å²) in [7, 11) is 0.566. The fourth-order valence-corrected chi connectivity index (χ4v) is 6.72. The molecule has 1 radical (unpaired) electrons. The van der Waals surface area contributed by atoms with Crippen molar-refractivity contribution in [1.82, 2.24) is 24.3 Å². The van der Waals surface area contributed by atoms with Gasteiger partial charge < -0.3 is 23.8 Å². The van der Waals surface area contributed by atoms with Gasteiger partial charge in [-0.25, -0.2) is 15.0 Å². The number of rotatable bonds is 9. The van der Waals surface area contributed by atoms with Crippen molar-refractivity contribution in [1.29, 1.82) is 0 Å². The molecule has 0 saturated carbocycles. The van der Waals surface area contributed by atoms with Gasteiger partial charge in [-0.15, -0.1) is 0 Å². The number of hydrogen-bond donors (Lipinski definition) is 0. The Bertz CT molecular complexity index is 1210. The summed E-state index contributed by atoms with van der Waals surface area (Å²) in [5.41, 5.74) is 4.42. The molecular formula is C27H38BN6O2Si. The van der Waals surface area contributed by atoms with Crippen LogP contribution in [0.5, 0.6) is 0 Å². The summed E-state index contributed by atoms with van der Waals surface area (Å²) in [6, 6.07) is 3.29. The van der Waals surface area contributed by atoms with Crippen LogP contribution < -0.4 is 4.90 Å². The van der Waals surface area contributed by atoms with Gasteiger partial charge in [-0.2, -0.15) is 0 Å². The SMILES string of the molecule is C[Si](C)(C)CCOCn1cc(-c2cncnc2)c2c(N3CCCC4(CCCN([B]C=O)C4)C3)ccnc21. The molecule has 5 heterocycles. The molecule has 5 rings (SSSR count). The predicted octanol–water partition coefficient (Wildman–Crippen LogP) is 4.30. The minimum absolute atomic E-state index is 0.199. The number of fused-ring (bicyclic) bond motifs is 1. The maximum atomic E-state index is 11.2. The monoisotopic (exact) mass is 517 g/mol. The van der Waals surface area contributed by atoms with Crippen molar-refractivity contribution in [2.24, 2.45) is 5.41 Å². The largest absolute Gasteiger partial charge is 0.370 e. The molecule has 3 aromatic rings. The number of anilines is 1. The Morgan fingerprint density at radius 1 is 1.14 bits per heavy atom. The maximum Gasteiger partial charge on any atom is 0.293 e. The standard InChI is InChI=1S/C27H38BN6O2Si/c1-37(2,3)13-12-36-21-33-16-23(22-14-29-20-30-15-22)25-24(6-9-31-26(25)33)32-10-4-7-27(17-32)8-5-11-34(18-27)28-19-35/h6,9,14-16,19-20H,4-5,7-8,10-13,17-18,21H2,1-3H3. The highest BCUT2D eigenvalue weighted by Crippen LogP contribution is 2.43. The lowest BCUT2D eigenvalue weighted by Gasteiger charge is -2.49.